The van der Waals surface area contributed by atoms with Crippen molar-refractivity contribution < 1.29 is 9.94 Å². The Morgan fingerprint density at radius 3 is 2.87 bits per heavy atom. The maximum absolute atomic E-state index is 8.88. The molecule has 2 aromatic rings. The molecule has 3 rings (SSSR count). The van der Waals surface area contributed by atoms with Gasteiger partial charge in [-0.3, -0.25) is 0 Å². The molecular formula is C12H9NO2. The van der Waals surface area contributed by atoms with Crippen LogP contribution in [0.3, 0.4) is 0 Å². The van der Waals surface area contributed by atoms with Crippen LogP contribution in [0.5, 0.6) is 5.75 Å². The minimum absolute atomic E-state index is 0.347. The quantitative estimate of drug-likeness (QED) is 0.523. The summed E-state index contributed by atoms with van der Waals surface area (Å²) in [4.78, 5) is 0. The summed E-state index contributed by atoms with van der Waals surface area (Å²) in [6.07, 6.45) is 0. The van der Waals surface area contributed by atoms with E-state index in [-0.39, 0.29) is 0 Å². The van der Waals surface area contributed by atoms with Crippen LogP contribution < -0.4 is 4.74 Å². The Morgan fingerprint density at radius 2 is 2.00 bits per heavy atom. The zero-order valence-electron chi connectivity index (χ0n) is 7.97. The van der Waals surface area contributed by atoms with E-state index in [1.165, 1.54) is 0 Å². The van der Waals surface area contributed by atoms with Crippen molar-refractivity contribution in [3.05, 3.63) is 42.0 Å². The minimum Gasteiger partial charge on any atom is -0.486 e. The van der Waals surface area contributed by atoms with E-state index in [0.717, 1.165) is 22.1 Å². The third kappa shape index (κ3) is 1.09. The molecule has 0 aromatic heterocycles. The van der Waals surface area contributed by atoms with Gasteiger partial charge in [-0.15, -0.1) is 0 Å². The van der Waals surface area contributed by atoms with E-state index in [9.17, 15) is 0 Å². The summed E-state index contributed by atoms with van der Waals surface area (Å²) < 4.78 is 5.42. The average molecular weight is 199 g/mol. The highest BCUT2D eigenvalue weighted by Crippen LogP contribution is 2.32. The molecule has 0 bridgehead atoms. The summed E-state index contributed by atoms with van der Waals surface area (Å²) >= 11 is 0. The van der Waals surface area contributed by atoms with E-state index in [4.69, 9.17) is 9.94 Å². The van der Waals surface area contributed by atoms with Crippen LogP contribution in [0.1, 0.15) is 5.56 Å². The summed E-state index contributed by atoms with van der Waals surface area (Å²) in [5.41, 5.74) is 1.51. The summed E-state index contributed by atoms with van der Waals surface area (Å²) in [5, 5.41) is 14.3. The molecule has 0 saturated carbocycles. The normalized spacial score (nSPS) is 16.7. The predicted octanol–water partition coefficient (Wildman–Crippen LogP) is 2.41. The van der Waals surface area contributed by atoms with Gasteiger partial charge in [0.2, 0.25) is 0 Å². The highest BCUT2D eigenvalue weighted by atomic mass is 16.5. The zero-order chi connectivity index (χ0) is 10.3. The van der Waals surface area contributed by atoms with E-state index in [2.05, 4.69) is 5.16 Å². The molecule has 74 valence electrons. The van der Waals surface area contributed by atoms with Gasteiger partial charge in [0.15, 0.2) is 0 Å². The lowest BCUT2D eigenvalue weighted by atomic mass is 10.0. The highest BCUT2D eigenvalue weighted by Gasteiger charge is 2.22. The van der Waals surface area contributed by atoms with Gasteiger partial charge in [-0.05, 0) is 16.8 Å². The Hall–Kier alpha value is -2.03. The van der Waals surface area contributed by atoms with Crippen LogP contribution in [0.2, 0.25) is 0 Å². The predicted molar refractivity (Wildman–Crippen MR) is 57.8 cm³/mol. The molecule has 1 heterocycles. The number of oxime groups is 1. The molecule has 0 amide bonds. The Labute approximate surface area is 86.6 Å². The van der Waals surface area contributed by atoms with Crippen molar-refractivity contribution in [1.29, 1.82) is 0 Å². The van der Waals surface area contributed by atoms with E-state index >= 15 is 0 Å². The first-order chi connectivity index (χ1) is 7.40. The first-order valence-electron chi connectivity index (χ1n) is 4.76. The molecule has 0 radical (unpaired) electrons. The lowest BCUT2D eigenvalue weighted by Gasteiger charge is -2.02. The van der Waals surface area contributed by atoms with Gasteiger partial charge in [-0.25, -0.2) is 0 Å². The SMILES string of the molecule is ON=C1COc2ccc3ccccc3c21. The smallest absolute Gasteiger partial charge is 0.134 e. The standard InChI is InChI=1S/C12H9NO2/c14-13-10-7-15-11-6-5-8-3-1-2-4-9(8)12(10)11/h1-6,14H,7H2. The number of fused-ring (bicyclic) bond motifs is 3. The number of hydrogen-bond donors (Lipinski definition) is 1. The topological polar surface area (TPSA) is 41.8 Å². The zero-order valence-corrected chi connectivity index (χ0v) is 7.97. The van der Waals surface area contributed by atoms with Crippen LogP contribution in [-0.4, -0.2) is 17.5 Å². The molecular weight excluding hydrogens is 190 g/mol. The number of hydrogen-bond acceptors (Lipinski definition) is 3. The number of ether oxygens (including phenoxy) is 1. The summed E-state index contributed by atoms with van der Waals surface area (Å²) in [6.45, 7) is 0.347. The lowest BCUT2D eigenvalue weighted by molar-refractivity contribution is 0.313. The van der Waals surface area contributed by atoms with Crippen LogP contribution in [0, 0.1) is 0 Å². The molecule has 3 nitrogen and oxygen atoms in total. The fraction of sp³-hybridized carbons (Fsp3) is 0.0833. The summed E-state index contributed by atoms with van der Waals surface area (Å²) in [5.74, 6) is 0.793. The van der Waals surface area contributed by atoms with E-state index in [1.54, 1.807) is 0 Å². The third-order valence-corrected chi connectivity index (χ3v) is 2.66. The minimum atomic E-state index is 0.347. The largest absolute Gasteiger partial charge is 0.486 e. The maximum atomic E-state index is 8.88. The molecule has 2 aromatic carbocycles. The Bertz CT molecular complexity index is 561. The molecule has 1 N–H and O–H groups in total. The Morgan fingerprint density at radius 1 is 1.13 bits per heavy atom. The molecule has 3 heteroatoms. The van der Waals surface area contributed by atoms with Crippen molar-refractivity contribution in [2.75, 3.05) is 6.61 Å². The maximum Gasteiger partial charge on any atom is 0.134 e. The van der Waals surface area contributed by atoms with Crippen molar-refractivity contribution in [1.82, 2.24) is 0 Å². The monoisotopic (exact) mass is 199 g/mol. The first kappa shape index (κ1) is 8.29. The van der Waals surface area contributed by atoms with Crippen LogP contribution in [-0.2, 0) is 0 Å². The fourth-order valence-electron chi connectivity index (χ4n) is 1.97. The first-order valence-corrected chi connectivity index (χ1v) is 4.76. The van der Waals surface area contributed by atoms with Gasteiger partial charge in [-0.1, -0.05) is 35.5 Å². The molecule has 0 saturated heterocycles. The number of benzene rings is 2. The van der Waals surface area contributed by atoms with Crippen LogP contribution >= 0.6 is 0 Å². The second-order valence-corrected chi connectivity index (χ2v) is 3.50. The van der Waals surface area contributed by atoms with Gasteiger partial charge in [0.05, 0.1) is 5.56 Å². The Kier molecular flexibility index (Phi) is 1.65. The van der Waals surface area contributed by atoms with Gasteiger partial charge in [0, 0.05) is 0 Å². The molecule has 0 aliphatic carbocycles. The molecule has 0 unspecified atom stereocenters. The van der Waals surface area contributed by atoms with Gasteiger partial charge in [0.25, 0.3) is 0 Å². The molecule has 0 spiro atoms. The molecule has 0 fully saturated rings. The van der Waals surface area contributed by atoms with Crippen molar-refractivity contribution in [2.24, 2.45) is 5.16 Å². The average Bonchev–Trinajstić information content (AvgIpc) is 2.72. The van der Waals surface area contributed by atoms with Crippen molar-refractivity contribution >= 4 is 16.5 Å². The van der Waals surface area contributed by atoms with Gasteiger partial charge in [0.1, 0.15) is 18.1 Å². The van der Waals surface area contributed by atoms with Crippen molar-refractivity contribution in [3.63, 3.8) is 0 Å². The highest BCUT2D eigenvalue weighted by molar-refractivity contribution is 6.15. The van der Waals surface area contributed by atoms with E-state index in [0.29, 0.717) is 12.3 Å². The van der Waals surface area contributed by atoms with Crippen LogP contribution in [0.15, 0.2) is 41.6 Å². The third-order valence-electron chi connectivity index (χ3n) is 2.66. The van der Waals surface area contributed by atoms with Crippen LogP contribution in [0.4, 0.5) is 0 Å². The molecule has 1 aliphatic rings. The van der Waals surface area contributed by atoms with Crippen molar-refractivity contribution in [2.45, 2.75) is 0 Å². The van der Waals surface area contributed by atoms with E-state index < -0.39 is 0 Å². The summed E-state index contributed by atoms with van der Waals surface area (Å²) in [6, 6.07) is 11.9. The second-order valence-electron chi connectivity index (χ2n) is 3.50. The fourth-order valence-corrected chi connectivity index (χ4v) is 1.97. The van der Waals surface area contributed by atoms with Gasteiger partial charge >= 0.3 is 0 Å². The number of rotatable bonds is 0. The van der Waals surface area contributed by atoms with E-state index in [1.807, 2.05) is 36.4 Å². The lowest BCUT2D eigenvalue weighted by Crippen LogP contribution is -2.02. The second kappa shape index (κ2) is 2.98. The van der Waals surface area contributed by atoms with Gasteiger partial charge < -0.3 is 9.94 Å². The molecule has 0 atom stereocenters. The van der Waals surface area contributed by atoms with Crippen molar-refractivity contribution in [3.8, 4) is 5.75 Å². The van der Waals surface area contributed by atoms with Gasteiger partial charge in [-0.2, -0.15) is 0 Å². The summed E-state index contributed by atoms with van der Waals surface area (Å²) in [7, 11) is 0. The van der Waals surface area contributed by atoms with Crippen LogP contribution in [0.25, 0.3) is 10.8 Å². The molecule has 1 aliphatic heterocycles. The molecule has 15 heavy (non-hydrogen) atoms. The number of nitrogens with zero attached hydrogens (tertiary/aromatic N) is 1. The Balaban J connectivity index is 2.43.